The summed E-state index contributed by atoms with van der Waals surface area (Å²) >= 11 is 0. The fourth-order valence-electron chi connectivity index (χ4n) is 4.33. The van der Waals surface area contributed by atoms with E-state index in [9.17, 15) is 21.6 Å². The third-order valence-electron chi connectivity index (χ3n) is 6.52. The van der Waals surface area contributed by atoms with Gasteiger partial charge in [0.15, 0.2) is 0 Å². The maximum atomic E-state index is 13.1. The van der Waals surface area contributed by atoms with Gasteiger partial charge in [-0.15, -0.1) is 0 Å². The molecule has 10 nitrogen and oxygen atoms in total. The van der Waals surface area contributed by atoms with E-state index in [0.29, 0.717) is 31.8 Å². The van der Waals surface area contributed by atoms with Crippen molar-refractivity contribution in [2.75, 3.05) is 51.8 Å². The number of rotatable bonds is 7. The van der Waals surface area contributed by atoms with Crippen molar-refractivity contribution in [3.8, 4) is 5.75 Å². The number of morpholine rings is 1. The van der Waals surface area contributed by atoms with E-state index < -0.39 is 26.0 Å². The van der Waals surface area contributed by atoms with Crippen LogP contribution < -0.4 is 10.1 Å². The Morgan fingerprint density at radius 1 is 0.889 bits per heavy atom. The molecule has 0 atom stereocenters. The van der Waals surface area contributed by atoms with Gasteiger partial charge in [0.1, 0.15) is 5.75 Å². The first kappa shape index (κ1) is 26.6. The highest BCUT2D eigenvalue weighted by Gasteiger charge is 2.33. The van der Waals surface area contributed by atoms with Crippen LogP contribution in [0.4, 0.5) is 5.69 Å². The zero-order valence-corrected chi connectivity index (χ0v) is 22.0. The molecule has 0 aromatic heterocycles. The number of piperidine rings is 1. The maximum Gasteiger partial charge on any atom is 0.243 e. The predicted octanol–water partition coefficient (Wildman–Crippen LogP) is 2.06. The number of carbonyl (C=O) groups is 1. The third-order valence-corrected chi connectivity index (χ3v) is 10.3. The summed E-state index contributed by atoms with van der Waals surface area (Å²) in [5, 5.41) is 2.80. The first-order chi connectivity index (χ1) is 17.1. The highest BCUT2D eigenvalue weighted by Crippen LogP contribution is 2.31. The Morgan fingerprint density at radius 2 is 1.44 bits per heavy atom. The standard InChI is InChI=1S/C24H31N3O7S2/c1-18-3-5-20(6-4-18)35(29,30)26-11-9-19(10-12-26)24(28)25-22-17-21(7-8-23(22)33-2)36(31,32)27-13-15-34-16-14-27/h3-8,17,19H,9-16H2,1-2H3,(H,25,28). The molecule has 0 bridgehead atoms. The van der Waals surface area contributed by atoms with Gasteiger partial charge in [-0.3, -0.25) is 4.79 Å². The van der Waals surface area contributed by atoms with Gasteiger partial charge in [0.05, 0.1) is 35.8 Å². The number of anilines is 1. The summed E-state index contributed by atoms with van der Waals surface area (Å²) in [4.78, 5) is 13.3. The normalized spacial score (nSPS) is 18.6. The Morgan fingerprint density at radius 3 is 2.06 bits per heavy atom. The molecule has 2 aromatic carbocycles. The van der Waals surface area contributed by atoms with Crippen LogP contribution in [0.3, 0.4) is 0 Å². The first-order valence-electron chi connectivity index (χ1n) is 11.8. The molecule has 2 aliphatic heterocycles. The summed E-state index contributed by atoms with van der Waals surface area (Å²) < 4.78 is 65.3. The first-order valence-corrected chi connectivity index (χ1v) is 14.6. The van der Waals surface area contributed by atoms with Crippen LogP contribution in [0.5, 0.6) is 5.75 Å². The minimum Gasteiger partial charge on any atom is -0.495 e. The van der Waals surface area contributed by atoms with Gasteiger partial charge in [0, 0.05) is 32.1 Å². The second-order valence-corrected chi connectivity index (χ2v) is 12.7. The van der Waals surface area contributed by atoms with Crippen molar-refractivity contribution in [2.24, 2.45) is 5.92 Å². The number of ether oxygens (including phenoxy) is 2. The summed E-state index contributed by atoms with van der Waals surface area (Å²) in [6.45, 7) is 3.52. The van der Waals surface area contributed by atoms with E-state index in [0.717, 1.165) is 5.56 Å². The zero-order chi connectivity index (χ0) is 25.9. The van der Waals surface area contributed by atoms with Gasteiger partial charge in [-0.05, 0) is 50.1 Å². The number of carbonyl (C=O) groups excluding carboxylic acids is 1. The van der Waals surface area contributed by atoms with Gasteiger partial charge in [-0.2, -0.15) is 8.61 Å². The average Bonchev–Trinajstić information content (AvgIpc) is 2.89. The van der Waals surface area contributed by atoms with Crippen molar-refractivity contribution in [1.29, 1.82) is 0 Å². The van der Waals surface area contributed by atoms with Crippen molar-refractivity contribution in [2.45, 2.75) is 29.6 Å². The molecule has 0 unspecified atom stereocenters. The maximum absolute atomic E-state index is 13.1. The molecule has 0 saturated carbocycles. The van der Waals surface area contributed by atoms with E-state index >= 15 is 0 Å². The van der Waals surface area contributed by atoms with Crippen LogP contribution in [0.2, 0.25) is 0 Å². The molecule has 2 heterocycles. The third kappa shape index (κ3) is 5.57. The van der Waals surface area contributed by atoms with Crippen molar-refractivity contribution in [1.82, 2.24) is 8.61 Å². The monoisotopic (exact) mass is 537 g/mol. The Hall–Kier alpha value is -2.51. The Labute approximate surface area is 212 Å². The fourth-order valence-corrected chi connectivity index (χ4v) is 7.24. The summed E-state index contributed by atoms with van der Waals surface area (Å²) in [6, 6.07) is 11.1. The van der Waals surface area contributed by atoms with E-state index in [4.69, 9.17) is 9.47 Å². The van der Waals surface area contributed by atoms with Gasteiger partial charge in [0.2, 0.25) is 26.0 Å². The Bertz CT molecular complexity index is 1300. The number of nitrogens with zero attached hydrogens (tertiary/aromatic N) is 2. The van der Waals surface area contributed by atoms with Gasteiger partial charge < -0.3 is 14.8 Å². The van der Waals surface area contributed by atoms with Gasteiger partial charge in [-0.1, -0.05) is 17.7 Å². The lowest BCUT2D eigenvalue weighted by Gasteiger charge is -2.30. The van der Waals surface area contributed by atoms with E-state index in [1.54, 1.807) is 24.3 Å². The number of aryl methyl sites for hydroxylation is 1. The van der Waals surface area contributed by atoms with E-state index in [1.807, 2.05) is 6.92 Å². The largest absolute Gasteiger partial charge is 0.495 e. The number of nitrogens with one attached hydrogen (secondary N) is 1. The van der Waals surface area contributed by atoms with Crippen LogP contribution in [0.25, 0.3) is 0 Å². The van der Waals surface area contributed by atoms with Gasteiger partial charge in [0.25, 0.3) is 0 Å². The predicted molar refractivity (Wildman–Crippen MR) is 134 cm³/mol. The molecule has 196 valence electrons. The van der Waals surface area contributed by atoms with Crippen LogP contribution in [-0.4, -0.2) is 77.9 Å². The van der Waals surface area contributed by atoms with E-state index in [-0.39, 0.29) is 47.6 Å². The summed E-state index contributed by atoms with van der Waals surface area (Å²) in [5.41, 5.74) is 1.23. The van der Waals surface area contributed by atoms with Crippen LogP contribution in [-0.2, 0) is 29.6 Å². The molecule has 2 saturated heterocycles. The number of methoxy groups -OCH3 is 1. The fraction of sp³-hybridized carbons (Fsp3) is 0.458. The van der Waals surface area contributed by atoms with Crippen molar-refractivity contribution >= 4 is 31.6 Å². The molecular weight excluding hydrogens is 506 g/mol. The van der Waals surface area contributed by atoms with Crippen molar-refractivity contribution < 1.29 is 31.1 Å². The van der Waals surface area contributed by atoms with Crippen LogP contribution in [0, 0.1) is 12.8 Å². The lowest BCUT2D eigenvalue weighted by Crippen LogP contribution is -2.41. The SMILES string of the molecule is COc1ccc(S(=O)(=O)N2CCOCC2)cc1NC(=O)C1CCN(S(=O)(=O)c2ccc(C)cc2)CC1. The second kappa shape index (κ2) is 10.9. The Kier molecular flexibility index (Phi) is 8.00. The smallest absolute Gasteiger partial charge is 0.243 e. The Balaban J connectivity index is 1.44. The number of benzene rings is 2. The molecule has 0 aliphatic carbocycles. The van der Waals surface area contributed by atoms with Crippen LogP contribution in [0.15, 0.2) is 52.3 Å². The molecule has 0 radical (unpaired) electrons. The van der Waals surface area contributed by atoms with Crippen LogP contribution in [0.1, 0.15) is 18.4 Å². The lowest BCUT2D eigenvalue weighted by molar-refractivity contribution is -0.120. The quantitative estimate of drug-likeness (QED) is 0.574. The van der Waals surface area contributed by atoms with E-state index in [2.05, 4.69) is 5.32 Å². The molecule has 2 fully saturated rings. The number of sulfonamides is 2. The molecule has 36 heavy (non-hydrogen) atoms. The second-order valence-electron chi connectivity index (χ2n) is 8.86. The summed E-state index contributed by atoms with van der Waals surface area (Å²) in [6.07, 6.45) is 0.704. The molecule has 12 heteroatoms. The molecular formula is C24H31N3O7S2. The van der Waals surface area contributed by atoms with Crippen molar-refractivity contribution in [3.63, 3.8) is 0 Å². The molecule has 0 spiro atoms. The minimum atomic E-state index is -3.75. The molecule has 1 N–H and O–H groups in total. The summed E-state index contributed by atoms with van der Waals surface area (Å²) in [7, 11) is -5.94. The molecule has 2 aliphatic rings. The zero-order valence-electron chi connectivity index (χ0n) is 20.3. The number of hydrogen-bond acceptors (Lipinski definition) is 7. The lowest BCUT2D eigenvalue weighted by atomic mass is 9.97. The number of hydrogen-bond donors (Lipinski definition) is 1. The van der Waals surface area contributed by atoms with Crippen LogP contribution >= 0.6 is 0 Å². The van der Waals surface area contributed by atoms with E-state index in [1.165, 1.54) is 33.9 Å². The van der Waals surface area contributed by atoms with Gasteiger partial charge >= 0.3 is 0 Å². The highest BCUT2D eigenvalue weighted by molar-refractivity contribution is 7.89. The molecule has 4 rings (SSSR count). The topological polar surface area (TPSA) is 122 Å². The van der Waals surface area contributed by atoms with Gasteiger partial charge in [-0.25, -0.2) is 16.8 Å². The van der Waals surface area contributed by atoms with Crippen molar-refractivity contribution in [3.05, 3.63) is 48.0 Å². The summed E-state index contributed by atoms with van der Waals surface area (Å²) in [5.74, 6) is -0.385. The highest BCUT2D eigenvalue weighted by atomic mass is 32.2. The molecule has 1 amide bonds. The average molecular weight is 538 g/mol. The molecule has 2 aromatic rings. The number of amides is 1. The minimum absolute atomic E-state index is 0.0551.